The molecule has 0 spiro atoms. The Balaban J connectivity index is 1.79. The number of nitrogens with one attached hydrogen (secondary N) is 1. The molecule has 2 heterocycles. The van der Waals surface area contributed by atoms with E-state index in [-0.39, 0.29) is 10.9 Å². The van der Waals surface area contributed by atoms with Crippen LogP contribution < -0.4 is 0 Å². The molecule has 10 heteroatoms. The Kier molecular flexibility index (Phi) is 6.39. The third-order valence-electron chi connectivity index (χ3n) is 4.42. The third-order valence-corrected chi connectivity index (χ3v) is 6.30. The molecule has 0 aliphatic carbocycles. The molecule has 2 aromatic heterocycles. The number of nitrogens with zero attached hydrogens (tertiary/aromatic N) is 4. The standard InChI is InChI=1S/C18H24ClN5O3S/c1-4-28(25,26)18-20-10-14(24(18)7-8-27-3)11-23(2)12-17-21-15-6-5-13(19)9-16(15)22-17/h5-6,9-10H,4,7-8,11-12H2,1-3H3,(H,21,22). The number of sulfone groups is 1. The number of fused-ring (bicyclic) bond motifs is 1. The van der Waals surface area contributed by atoms with E-state index >= 15 is 0 Å². The fraction of sp³-hybridized carbons (Fsp3) is 0.444. The van der Waals surface area contributed by atoms with Gasteiger partial charge in [0.25, 0.3) is 0 Å². The first-order valence-corrected chi connectivity index (χ1v) is 11.0. The number of halogens is 1. The molecule has 0 fully saturated rings. The van der Waals surface area contributed by atoms with Gasteiger partial charge >= 0.3 is 0 Å². The van der Waals surface area contributed by atoms with Gasteiger partial charge in [-0.2, -0.15) is 0 Å². The van der Waals surface area contributed by atoms with E-state index in [9.17, 15) is 8.42 Å². The predicted octanol–water partition coefficient (Wildman–Crippen LogP) is 2.48. The van der Waals surface area contributed by atoms with Gasteiger partial charge in [-0.25, -0.2) is 18.4 Å². The topological polar surface area (TPSA) is 93.1 Å². The molecule has 0 aliphatic heterocycles. The summed E-state index contributed by atoms with van der Waals surface area (Å²) in [5.74, 6) is 0.817. The van der Waals surface area contributed by atoms with Crippen molar-refractivity contribution in [3.63, 3.8) is 0 Å². The molecule has 0 amide bonds. The molecular formula is C18H24ClN5O3S. The molecular weight excluding hydrogens is 402 g/mol. The number of rotatable bonds is 9. The maximum Gasteiger partial charge on any atom is 0.227 e. The van der Waals surface area contributed by atoms with E-state index in [4.69, 9.17) is 16.3 Å². The predicted molar refractivity (Wildman–Crippen MR) is 108 cm³/mol. The number of methoxy groups -OCH3 is 1. The highest BCUT2D eigenvalue weighted by Crippen LogP contribution is 2.19. The van der Waals surface area contributed by atoms with Gasteiger partial charge in [-0.15, -0.1) is 0 Å². The summed E-state index contributed by atoms with van der Waals surface area (Å²) in [5.41, 5.74) is 2.55. The quantitative estimate of drug-likeness (QED) is 0.566. The van der Waals surface area contributed by atoms with Crippen LogP contribution in [0.1, 0.15) is 18.4 Å². The van der Waals surface area contributed by atoms with Gasteiger partial charge in [-0.1, -0.05) is 18.5 Å². The van der Waals surface area contributed by atoms with Crippen molar-refractivity contribution >= 4 is 32.5 Å². The minimum Gasteiger partial charge on any atom is -0.383 e. The molecule has 1 N–H and O–H groups in total. The van der Waals surface area contributed by atoms with Crippen LogP contribution in [0, 0.1) is 0 Å². The van der Waals surface area contributed by atoms with Crippen LogP contribution in [0.4, 0.5) is 0 Å². The number of hydrogen-bond acceptors (Lipinski definition) is 6. The average Bonchev–Trinajstić information content (AvgIpc) is 3.23. The second-order valence-corrected chi connectivity index (χ2v) is 9.21. The average molecular weight is 426 g/mol. The number of H-pyrrole nitrogens is 1. The summed E-state index contributed by atoms with van der Waals surface area (Å²) in [4.78, 5) is 14.1. The lowest BCUT2D eigenvalue weighted by atomic mass is 10.3. The summed E-state index contributed by atoms with van der Waals surface area (Å²) >= 11 is 6.02. The van der Waals surface area contributed by atoms with Crippen LogP contribution in [-0.2, 0) is 34.2 Å². The molecule has 0 unspecified atom stereocenters. The van der Waals surface area contributed by atoms with Crippen molar-refractivity contribution in [2.24, 2.45) is 0 Å². The maximum absolute atomic E-state index is 12.3. The summed E-state index contributed by atoms with van der Waals surface area (Å²) in [6.45, 7) is 3.54. The van der Waals surface area contributed by atoms with Gasteiger partial charge in [0.15, 0.2) is 0 Å². The first kappa shape index (κ1) is 20.8. The minimum absolute atomic E-state index is 0.00776. The van der Waals surface area contributed by atoms with Crippen LogP contribution in [0.25, 0.3) is 11.0 Å². The van der Waals surface area contributed by atoms with E-state index < -0.39 is 9.84 Å². The van der Waals surface area contributed by atoms with Gasteiger partial charge in [-0.05, 0) is 25.2 Å². The SMILES string of the molecule is CCS(=O)(=O)c1ncc(CN(C)Cc2nc3ccc(Cl)cc3[nH]2)n1CCOC. The van der Waals surface area contributed by atoms with Gasteiger partial charge in [-0.3, -0.25) is 4.90 Å². The van der Waals surface area contributed by atoms with Crippen molar-refractivity contribution in [1.82, 2.24) is 24.4 Å². The minimum atomic E-state index is -3.41. The summed E-state index contributed by atoms with van der Waals surface area (Å²) < 4.78 is 31.5. The van der Waals surface area contributed by atoms with Gasteiger partial charge in [0.2, 0.25) is 15.0 Å². The molecule has 8 nitrogen and oxygen atoms in total. The van der Waals surface area contributed by atoms with Gasteiger partial charge in [0.1, 0.15) is 5.82 Å². The van der Waals surface area contributed by atoms with Crippen molar-refractivity contribution in [2.45, 2.75) is 31.7 Å². The highest BCUT2D eigenvalue weighted by Gasteiger charge is 2.22. The second kappa shape index (κ2) is 8.60. The smallest absolute Gasteiger partial charge is 0.227 e. The highest BCUT2D eigenvalue weighted by atomic mass is 35.5. The Morgan fingerprint density at radius 1 is 1.32 bits per heavy atom. The van der Waals surface area contributed by atoms with Crippen molar-refractivity contribution < 1.29 is 13.2 Å². The second-order valence-electron chi connectivity index (χ2n) is 6.60. The molecule has 0 radical (unpaired) electrons. The lowest BCUT2D eigenvalue weighted by Crippen LogP contribution is -2.22. The molecule has 3 rings (SSSR count). The van der Waals surface area contributed by atoms with Gasteiger partial charge in [0, 0.05) is 25.2 Å². The number of hydrogen-bond donors (Lipinski definition) is 1. The summed E-state index contributed by atoms with van der Waals surface area (Å²) in [7, 11) is 0.126. The molecule has 152 valence electrons. The molecule has 0 saturated carbocycles. The van der Waals surface area contributed by atoms with E-state index in [0.717, 1.165) is 22.6 Å². The Hall–Kier alpha value is -1.94. The van der Waals surface area contributed by atoms with Crippen LogP contribution >= 0.6 is 11.6 Å². The zero-order chi connectivity index (χ0) is 20.3. The number of aromatic amines is 1. The molecule has 0 aliphatic rings. The zero-order valence-corrected chi connectivity index (χ0v) is 17.7. The van der Waals surface area contributed by atoms with Gasteiger partial charge < -0.3 is 14.3 Å². The number of ether oxygens (including phenoxy) is 1. The first-order valence-electron chi connectivity index (χ1n) is 8.93. The Labute approximate surface area is 169 Å². The third kappa shape index (κ3) is 4.54. The highest BCUT2D eigenvalue weighted by molar-refractivity contribution is 7.91. The first-order chi connectivity index (χ1) is 13.3. The summed E-state index contributed by atoms with van der Waals surface area (Å²) in [6.07, 6.45) is 1.62. The maximum atomic E-state index is 12.3. The number of benzene rings is 1. The Bertz CT molecular complexity index is 1060. The normalized spacial score (nSPS) is 12.3. The van der Waals surface area contributed by atoms with E-state index in [0.29, 0.717) is 31.3 Å². The molecule has 28 heavy (non-hydrogen) atoms. The monoisotopic (exact) mass is 425 g/mol. The van der Waals surface area contributed by atoms with E-state index in [1.54, 1.807) is 24.8 Å². The summed E-state index contributed by atoms with van der Waals surface area (Å²) in [5, 5.41) is 0.747. The van der Waals surface area contributed by atoms with Crippen molar-refractivity contribution in [1.29, 1.82) is 0 Å². The number of imidazole rings is 2. The Morgan fingerprint density at radius 2 is 2.11 bits per heavy atom. The fourth-order valence-corrected chi connectivity index (χ4v) is 4.20. The van der Waals surface area contributed by atoms with E-state index in [2.05, 4.69) is 15.0 Å². The fourth-order valence-electron chi connectivity index (χ4n) is 3.01. The van der Waals surface area contributed by atoms with Crippen molar-refractivity contribution in [3.8, 4) is 0 Å². The molecule has 0 atom stereocenters. The van der Waals surface area contributed by atoms with Crippen LogP contribution in [0.2, 0.25) is 5.02 Å². The van der Waals surface area contributed by atoms with Crippen LogP contribution in [0.3, 0.4) is 0 Å². The van der Waals surface area contributed by atoms with Crippen LogP contribution in [0.5, 0.6) is 0 Å². The largest absolute Gasteiger partial charge is 0.383 e. The molecule has 1 aromatic carbocycles. The van der Waals surface area contributed by atoms with E-state index in [1.807, 2.05) is 30.1 Å². The number of aromatic nitrogens is 4. The zero-order valence-electron chi connectivity index (χ0n) is 16.1. The van der Waals surface area contributed by atoms with Gasteiger partial charge in [0.05, 0.1) is 41.8 Å². The van der Waals surface area contributed by atoms with E-state index in [1.165, 1.54) is 0 Å². The van der Waals surface area contributed by atoms with Crippen molar-refractivity contribution in [2.75, 3.05) is 26.5 Å². The van der Waals surface area contributed by atoms with Crippen LogP contribution in [-0.4, -0.2) is 59.4 Å². The van der Waals surface area contributed by atoms with Crippen molar-refractivity contribution in [3.05, 3.63) is 40.9 Å². The molecule has 0 saturated heterocycles. The molecule has 3 aromatic rings. The summed E-state index contributed by atoms with van der Waals surface area (Å²) in [6, 6.07) is 5.52. The Morgan fingerprint density at radius 3 is 2.82 bits per heavy atom. The lowest BCUT2D eigenvalue weighted by Gasteiger charge is -2.17. The lowest BCUT2D eigenvalue weighted by molar-refractivity contribution is 0.181. The van der Waals surface area contributed by atoms with Crippen LogP contribution in [0.15, 0.2) is 29.6 Å². The molecule has 0 bridgehead atoms.